The largest absolute Gasteiger partial charge is 0.296 e. The molecule has 6 heteroatoms. The van der Waals surface area contributed by atoms with Gasteiger partial charge in [-0.25, -0.2) is 0 Å². The molecule has 0 aliphatic rings. The van der Waals surface area contributed by atoms with Crippen molar-refractivity contribution < 1.29 is 0 Å². The molecule has 0 N–H and O–H groups in total. The maximum atomic E-state index is 4.49. The molecule has 4 nitrogen and oxygen atoms in total. The van der Waals surface area contributed by atoms with Crippen LogP contribution in [0, 0.1) is 0 Å². The van der Waals surface area contributed by atoms with Crippen LogP contribution in [0.2, 0.25) is 0 Å². The smallest absolute Gasteiger partial charge is 0.0543 e. The predicted molar refractivity (Wildman–Crippen MR) is 120 cm³/mol. The Bertz CT molecular complexity index is 725. The van der Waals surface area contributed by atoms with E-state index in [2.05, 4.69) is 56.3 Å². The van der Waals surface area contributed by atoms with Gasteiger partial charge in [-0.15, -0.1) is 0 Å². The van der Waals surface area contributed by atoms with Gasteiger partial charge >= 0.3 is 0 Å². The third-order valence-corrected chi connectivity index (χ3v) is 6.11. The molecule has 0 aromatic carbocycles. The van der Waals surface area contributed by atoms with Gasteiger partial charge in [0.1, 0.15) is 0 Å². The molecule has 0 amide bonds. The molecule has 0 atom stereocenters. The first-order valence-electron chi connectivity index (χ1n) is 9.48. The topological polar surface area (TPSA) is 41.9 Å². The molecule has 0 saturated heterocycles. The van der Waals surface area contributed by atoms with E-state index < -0.39 is 0 Å². The van der Waals surface area contributed by atoms with Crippen LogP contribution in [0.15, 0.2) is 73.2 Å². The Morgan fingerprint density at radius 1 is 0.607 bits per heavy atom. The van der Waals surface area contributed by atoms with Crippen LogP contribution in [0.25, 0.3) is 0 Å². The minimum Gasteiger partial charge on any atom is -0.296 e. The van der Waals surface area contributed by atoms with E-state index >= 15 is 0 Å². The van der Waals surface area contributed by atoms with E-state index in [0.29, 0.717) is 0 Å². The third kappa shape index (κ3) is 8.00. The number of nitrogens with zero attached hydrogens (tertiary/aromatic N) is 4. The second-order valence-corrected chi connectivity index (χ2v) is 8.55. The van der Waals surface area contributed by atoms with Crippen LogP contribution in [-0.2, 0) is 18.1 Å². The minimum absolute atomic E-state index is 0.898. The molecule has 146 valence electrons. The Kier molecular flexibility index (Phi) is 9.33. The van der Waals surface area contributed by atoms with Crippen molar-refractivity contribution in [3.05, 3.63) is 90.3 Å². The molecule has 3 heterocycles. The molecule has 0 spiro atoms. The zero-order valence-electron chi connectivity index (χ0n) is 16.0. The third-order valence-electron chi connectivity index (χ3n) is 4.17. The Balaban J connectivity index is 1.42. The Morgan fingerprint density at radius 3 is 1.50 bits per heavy atom. The summed E-state index contributed by atoms with van der Waals surface area (Å²) in [5, 5.41) is 0. The van der Waals surface area contributed by atoms with Crippen molar-refractivity contribution in [3.8, 4) is 0 Å². The van der Waals surface area contributed by atoms with Gasteiger partial charge in [-0.3, -0.25) is 19.9 Å². The highest BCUT2D eigenvalue weighted by Gasteiger charge is 2.07. The molecule has 28 heavy (non-hydrogen) atoms. The standard InChI is InChI=1S/C22H26N4S2/c1-4-10-23-20(7-1)17-26(13-15-27-18-21-8-2-5-11-24-21)14-16-28-19-22-9-3-6-12-25-22/h1-12H,13-19H2. The monoisotopic (exact) mass is 410 g/mol. The van der Waals surface area contributed by atoms with E-state index in [1.165, 1.54) is 0 Å². The number of pyridine rings is 3. The molecule has 0 saturated carbocycles. The van der Waals surface area contributed by atoms with Crippen molar-refractivity contribution in [2.24, 2.45) is 0 Å². The van der Waals surface area contributed by atoms with Gasteiger partial charge in [0, 0.05) is 61.2 Å². The summed E-state index contributed by atoms with van der Waals surface area (Å²) < 4.78 is 0. The number of aromatic nitrogens is 3. The van der Waals surface area contributed by atoms with Crippen molar-refractivity contribution in [1.29, 1.82) is 0 Å². The van der Waals surface area contributed by atoms with Crippen molar-refractivity contribution in [2.75, 3.05) is 24.6 Å². The highest BCUT2D eigenvalue weighted by atomic mass is 32.2. The van der Waals surface area contributed by atoms with Gasteiger partial charge in [0.25, 0.3) is 0 Å². The predicted octanol–water partition coefficient (Wildman–Crippen LogP) is 4.54. The molecule has 0 fully saturated rings. The molecule has 0 radical (unpaired) electrons. The summed E-state index contributed by atoms with van der Waals surface area (Å²) in [7, 11) is 0. The lowest BCUT2D eigenvalue weighted by atomic mass is 10.3. The van der Waals surface area contributed by atoms with Gasteiger partial charge in [-0.2, -0.15) is 23.5 Å². The summed E-state index contributed by atoms with van der Waals surface area (Å²) in [6, 6.07) is 18.3. The Hall–Kier alpha value is -1.89. The van der Waals surface area contributed by atoms with E-state index in [4.69, 9.17) is 0 Å². The van der Waals surface area contributed by atoms with E-state index in [0.717, 1.165) is 59.7 Å². The van der Waals surface area contributed by atoms with Gasteiger partial charge in [0.2, 0.25) is 0 Å². The first-order chi connectivity index (χ1) is 13.9. The van der Waals surface area contributed by atoms with Crippen LogP contribution < -0.4 is 0 Å². The summed E-state index contributed by atoms with van der Waals surface area (Å²) in [6.45, 7) is 3.01. The molecule has 3 aromatic heterocycles. The highest BCUT2D eigenvalue weighted by Crippen LogP contribution is 2.13. The number of thioether (sulfide) groups is 2. The van der Waals surface area contributed by atoms with Crippen molar-refractivity contribution in [3.63, 3.8) is 0 Å². The van der Waals surface area contributed by atoms with Crippen molar-refractivity contribution in [2.45, 2.75) is 18.1 Å². The van der Waals surface area contributed by atoms with Crippen LogP contribution in [0.1, 0.15) is 17.1 Å². The maximum Gasteiger partial charge on any atom is 0.0543 e. The molecule has 0 aliphatic heterocycles. The summed E-state index contributed by atoms with van der Waals surface area (Å²) in [5.74, 6) is 4.11. The fourth-order valence-electron chi connectivity index (χ4n) is 2.70. The van der Waals surface area contributed by atoms with Gasteiger partial charge in [-0.1, -0.05) is 18.2 Å². The van der Waals surface area contributed by atoms with Crippen LogP contribution in [-0.4, -0.2) is 44.4 Å². The van der Waals surface area contributed by atoms with Crippen molar-refractivity contribution >= 4 is 23.5 Å². The first-order valence-corrected chi connectivity index (χ1v) is 11.8. The lowest BCUT2D eigenvalue weighted by Crippen LogP contribution is -2.28. The molecule has 0 bridgehead atoms. The zero-order chi connectivity index (χ0) is 19.3. The Labute approximate surface area is 176 Å². The SMILES string of the molecule is c1ccc(CSCCN(CCSCc2ccccn2)Cc2ccccn2)nc1. The summed E-state index contributed by atoms with van der Waals surface area (Å²) in [5.41, 5.74) is 3.43. The fraction of sp³-hybridized carbons (Fsp3) is 0.318. The van der Waals surface area contributed by atoms with Crippen LogP contribution in [0.3, 0.4) is 0 Å². The second kappa shape index (κ2) is 12.5. The van der Waals surface area contributed by atoms with Gasteiger partial charge in [0.15, 0.2) is 0 Å². The summed E-state index contributed by atoms with van der Waals surface area (Å²) in [6.07, 6.45) is 5.60. The first kappa shape index (κ1) is 20.8. The molecular weight excluding hydrogens is 384 g/mol. The average molecular weight is 411 g/mol. The minimum atomic E-state index is 0.898. The quantitative estimate of drug-likeness (QED) is 0.408. The van der Waals surface area contributed by atoms with Gasteiger partial charge in [0.05, 0.1) is 17.1 Å². The fourth-order valence-corrected chi connectivity index (χ4v) is 4.52. The normalized spacial score (nSPS) is 11.0. The summed E-state index contributed by atoms with van der Waals surface area (Å²) in [4.78, 5) is 15.8. The van der Waals surface area contributed by atoms with Gasteiger partial charge < -0.3 is 0 Å². The molecule has 0 aliphatic carbocycles. The van der Waals surface area contributed by atoms with Crippen LogP contribution in [0.5, 0.6) is 0 Å². The molecule has 3 aromatic rings. The number of hydrogen-bond acceptors (Lipinski definition) is 6. The van der Waals surface area contributed by atoms with E-state index in [1.807, 2.05) is 60.3 Å². The molecule has 0 unspecified atom stereocenters. The van der Waals surface area contributed by atoms with E-state index in [-0.39, 0.29) is 0 Å². The maximum absolute atomic E-state index is 4.49. The summed E-state index contributed by atoms with van der Waals surface area (Å²) >= 11 is 3.88. The molecule has 3 rings (SSSR count). The number of rotatable bonds is 12. The average Bonchev–Trinajstić information content (AvgIpc) is 2.76. The van der Waals surface area contributed by atoms with Crippen molar-refractivity contribution in [1.82, 2.24) is 19.9 Å². The zero-order valence-corrected chi connectivity index (χ0v) is 17.6. The lowest BCUT2D eigenvalue weighted by Gasteiger charge is -2.21. The number of hydrogen-bond donors (Lipinski definition) is 0. The van der Waals surface area contributed by atoms with E-state index in [9.17, 15) is 0 Å². The van der Waals surface area contributed by atoms with Crippen LogP contribution >= 0.6 is 23.5 Å². The van der Waals surface area contributed by atoms with Crippen LogP contribution in [0.4, 0.5) is 0 Å². The second-order valence-electron chi connectivity index (χ2n) is 6.34. The highest BCUT2D eigenvalue weighted by molar-refractivity contribution is 7.98. The van der Waals surface area contributed by atoms with E-state index in [1.54, 1.807) is 0 Å². The molecular formula is C22H26N4S2. The Morgan fingerprint density at radius 2 is 1.07 bits per heavy atom. The lowest BCUT2D eigenvalue weighted by molar-refractivity contribution is 0.297. The van der Waals surface area contributed by atoms with Gasteiger partial charge in [-0.05, 0) is 36.4 Å².